The molecule has 0 aliphatic carbocycles. The van der Waals surface area contributed by atoms with Gasteiger partial charge in [0.1, 0.15) is 4.21 Å². The second-order valence-corrected chi connectivity index (χ2v) is 8.54. The Morgan fingerprint density at radius 2 is 2.15 bits per heavy atom. The number of sulfonamides is 1. The lowest BCUT2D eigenvalue weighted by molar-refractivity contribution is 0.143. The molecule has 1 heterocycles. The molecule has 0 bridgehead atoms. The third-order valence-corrected chi connectivity index (χ3v) is 6.39. The largest absolute Gasteiger partial charge is 0.387 e. The summed E-state index contributed by atoms with van der Waals surface area (Å²) in [7, 11) is -3.69. The maximum atomic E-state index is 12.3. The molecule has 0 saturated carbocycles. The lowest BCUT2D eigenvalue weighted by atomic mass is 9.92. The molecule has 1 rings (SSSR count). The lowest BCUT2D eigenvalue weighted by Crippen LogP contribution is -2.47. The van der Waals surface area contributed by atoms with Crippen LogP contribution >= 0.6 is 22.9 Å². The van der Waals surface area contributed by atoms with Crippen LogP contribution in [0.1, 0.15) is 27.2 Å². The zero-order valence-corrected chi connectivity index (χ0v) is 14.1. The van der Waals surface area contributed by atoms with Gasteiger partial charge in [0.2, 0.25) is 10.0 Å². The molecule has 1 aromatic rings. The van der Waals surface area contributed by atoms with E-state index in [1.54, 1.807) is 6.92 Å². The average molecular weight is 338 g/mol. The highest BCUT2D eigenvalue weighted by molar-refractivity contribution is 7.91. The number of nitrogens with one attached hydrogen (secondary N) is 1. The van der Waals surface area contributed by atoms with E-state index < -0.39 is 22.2 Å². The quantitative estimate of drug-likeness (QED) is 0.751. The summed E-state index contributed by atoms with van der Waals surface area (Å²) in [5, 5.41) is 10.2. The summed E-state index contributed by atoms with van der Waals surface area (Å²) in [5.41, 5.74) is 0.530. The second kappa shape index (κ2) is 7.04. The van der Waals surface area contributed by atoms with Gasteiger partial charge in [0, 0.05) is 0 Å². The number of hydrogen-bond donors (Lipinski definition) is 2. The molecule has 0 aliphatic heterocycles. The summed E-state index contributed by atoms with van der Waals surface area (Å²) in [6, 6.07) is 2.38. The number of thiophene rings is 1. The van der Waals surface area contributed by atoms with Crippen molar-refractivity contribution >= 4 is 33.0 Å². The third kappa shape index (κ3) is 4.30. The van der Waals surface area contributed by atoms with Gasteiger partial charge in [-0.3, -0.25) is 0 Å². The van der Waals surface area contributed by atoms with Crippen LogP contribution < -0.4 is 4.72 Å². The first-order valence-corrected chi connectivity index (χ1v) is 8.98. The Kier molecular flexibility index (Phi) is 6.22. The van der Waals surface area contributed by atoms with Crippen molar-refractivity contribution in [3.05, 3.63) is 28.6 Å². The fourth-order valence-electron chi connectivity index (χ4n) is 1.73. The van der Waals surface area contributed by atoms with Crippen molar-refractivity contribution in [1.29, 1.82) is 0 Å². The number of aliphatic hydroxyl groups is 1. The van der Waals surface area contributed by atoms with E-state index in [1.165, 1.54) is 12.1 Å². The predicted octanol–water partition coefficient (Wildman–Crippen LogP) is 3.03. The van der Waals surface area contributed by atoms with E-state index in [2.05, 4.69) is 11.3 Å². The molecule has 20 heavy (non-hydrogen) atoms. The van der Waals surface area contributed by atoms with Crippen LogP contribution in [0.2, 0.25) is 4.34 Å². The van der Waals surface area contributed by atoms with Crippen LogP contribution in [0.5, 0.6) is 0 Å². The molecule has 2 N–H and O–H groups in total. The van der Waals surface area contributed by atoms with Crippen molar-refractivity contribution < 1.29 is 13.5 Å². The minimum atomic E-state index is -3.69. The SMILES string of the molecule is C=C(C)[C@H](O)C(NS(=O)(=O)c1ccc(Cl)s1)[C@@H](C)CC. The third-order valence-electron chi connectivity index (χ3n) is 3.21. The number of halogens is 1. The molecule has 1 aromatic heterocycles. The van der Waals surface area contributed by atoms with E-state index in [-0.39, 0.29) is 10.1 Å². The Bertz CT molecular complexity index is 568. The van der Waals surface area contributed by atoms with Crippen molar-refractivity contribution in [2.24, 2.45) is 5.92 Å². The first-order chi connectivity index (χ1) is 9.19. The summed E-state index contributed by atoms with van der Waals surface area (Å²) in [5.74, 6) is -0.0214. The average Bonchev–Trinajstić information content (AvgIpc) is 2.81. The molecule has 0 spiro atoms. The number of rotatable bonds is 7. The Balaban J connectivity index is 3.03. The molecule has 1 unspecified atom stereocenters. The Labute approximate surface area is 129 Å². The molecule has 0 aromatic carbocycles. The van der Waals surface area contributed by atoms with E-state index in [1.807, 2.05) is 13.8 Å². The van der Waals surface area contributed by atoms with Crippen LogP contribution in [0.15, 0.2) is 28.5 Å². The van der Waals surface area contributed by atoms with Gasteiger partial charge in [-0.1, -0.05) is 44.0 Å². The topological polar surface area (TPSA) is 66.4 Å². The maximum absolute atomic E-state index is 12.3. The molecule has 7 heteroatoms. The fraction of sp³-hybridized carbons (Fsp3) is 0.538. The first kappa shape index (κ1) is 17.7. The van der Waals surface area contributed by atoms with E-state index in [9.17, 15) is 13.5 Å². The van der Waals surface area contributed by atoms with E-state index in [0.717, 1.165) is 17.8 Å². The molecule has 0 amide bonds. The predicted molar refractivity (Wildman–Crippen MR) is 83.7 cm³/mol. The highest BCUT2D eigenvalue weighted by Gasteiger charge is 2.30. The Morgan fingerprint density at radius 3 is 2.55 bits per heavy atom. The van der Waals surface area contributed by atoms with Gasteiger partial charge in [0.05, 0.1) is 16.5 Å². The molecular formula is C13H20ClNO3S2. The fourth-order valence-corrected chi connectivity index (χ4v) is 4.58. The minimum absolute atomic E-state index is 0.0214. The molecule has 4 nitrogen and oxygen atoms in total. The normalized spacial score (nSPS) is 16.6. The van der Waals surface area contributed by atoms with Gasteiger partial charge in [-0.05, 0) is 25.0 Å². The maximum Gasteiger partial charge on any atom is 0.250 e. The van der Waals surface area contributed by atoms with Crippen LogP contribution in [-0.4, -0.2) is 25.7 Å². The first-order valence-electron chi connectivity index (χ1n) is 6.30. The minimum Gasteiger partial charge on any atom is -0.387 e. The van der Waals surface area contributed by atoms with Crippen LogP contribution in [-0.2, 0) is 10.0 Å². The molecule has 0 fully saturated rings. The molecule has 3 atom stereocenters. The van der Waals surface area contributed by atoms with E-state index in [0.29, 0.717) is 9.91 Å². The van der Waals surface area contributed by atoms with Crippen molar-refractivity contribution in [1.82, 2.24) is 4.72 Å². The van der Waals surface area contributed by atoms with Gasteiger partial charge in [-0.25, -0.2) is 13.1 Å². The summed E-state index contributed by atoms with van der Waals surface area (Å²) in [6.07, 6.45) is -0.182. The van der Waals surface area contributed by atoms with Gasteiger partial charge < -0.3 is 5.11 Å². The zero-order chi connectivity index (χ0) is 15.5. The zero-order valence-electron chi connectivity index (χ0n) is 11.8. The number of hydrogen-bond acceptors (Lipinski definition) is 4. The summed E-state index contributed by atoms with van der Waals surface area (Å²) in [6.45, 7) is 9.21. The summed E-state index contributed by atoms with van der Waals surface area (Å²) < 4.78 is 27.7. The molecule has 0 aliphatic rings. The van der Waals surface area contributed by atoms with E-state index >= 15 is 0 Å². The van der Waals surface area contributed by atoms with Crippen LogP contribution in [0.25, 0.3) is 0 Å². The van der Waals surface area contributed by atoms with Crippen molar-refractivity contribution in [3.63, 3.8) is 0 Å². The molecule has 0 saturated heterocycles. The van der Waals surface area contributed by atoms with Crippen molar-refractivity contribution in [2.75, 3.05) is 0 Å². The van der Waals surface area contributed by atoms with Gasteiger partial charge in [0.25, 0.3) is 0 Å². The van der Waals surface area contributed by atoms with Crippen LogP contribution in [0.3, 0.4) is 0 Å². The van der Waals surface area contributed by atoms with Gasteiger partial charge in [0.15, 0.2) is 0 Å². The van der Waals surface area contributed by atoms with Crippen LogP contribution in [0, 0.1) is 5.92 Å². The lowest BCUT2D eigenvalue weighted by Gasteiger charge is -2.28. The summed E-state index contributed by atoms with van der Waals surface area (Å²) in [4.78, 5) is 0. The van der Waals surface area contributed by atoms with Gasteiger partial charge >= 0.3 is 0 Å². The highest BCUT2D eigenvalue weighted by Crippen LogP contribution is 2.27. The monoisotopic (exact) mass is 337 g/mol. The van der Waals surface area contributed by atoms with E-state index in [4.69, 9.17) is 11.6 Å². The summed E-state index contributed by atoms with van der Waals surface area (Å²) >= 11 is 6.76. The van der Waals surface area contributed by atoms with Gasteiger partial charge in [-0.2, -0.15) is 0 Å². The smallest absolute Gasteiger partial charge is 0.250 e. The standard InChI is InChI=1S/C13H20ClNO3S2/c1-5-9(4)12(13(16)8(2)3)15-20(17,18)11-7-6-10(14)19-11/h6-7,9,12-13,15-16H,2,5H2,1,3-4H3/t9-,12?,13-/m0/s1. The van der Waals surface area contributed by atoms with Crippen LogP contribution in [0.4, 0.5) is 0 Å². The Hall–Kier alpha value is -0.400. The number of aliphatic hydroxyl groups excluding tert-OH is 1. The van der Waals surface area contributed by atoms with Gasteiger partial charge in [-0.15, -0.1) is 11.3 Å². The Morgan fingerprint density at radius 1 is 1.55 bits per heavy atom. The van der Waals surface area contributed by atoms with Crippen molar-refractivity contribution in [2.45, 2.75) is 43.5 Å². The van der Waals surface area contributed by atoms with Crippen molar-refractivity contribution in [3.8, 4) is 0 Å². The highest BCUT2D eigenvalue weighted by atomic mass is 35.5. The molecular weight excluding hydrogens is 318 g/mol. The molecule has 0 radical (unpaired) electrons. The second-order valence-electron chi connectivity index (χ2n) is 4.88. The molecule has 114 valence electrons.